The summed E-state index contributed by atoms with van der Waals surface area (Å²) in [5.74, 6) is 1.71. The van der Waals surface area contributed by atoms with Crippen LogP contribution in [0.3, 0.4) is 0 Å². The van der Waals surface area contributed by atoms with Gasteiger partial charge in [-0.2, -0.15) is 9.97 Å². The highest BCUT2D eigenvalue weighted by atomic mass is 16.3. The summed E-state index contributed by atoms with van der Waals surface area (Å²) in [7, 11) is 0. The third-order valence-electron chi connectivity index (χ3n) is 8.30. The summed E-state index contributed by atoms with van der Waals surface area (Å²) in [5.41, 5.74) is 7.71. The number of benzene rings is 6. The second kappa shape index (κ2) is 9.75. The number of rotatable bonds is 4. The smallest absolute Gasteiger partial charge is 0.238 e. The molecule has 0 atom stereocenters. The molecule has 0 fully saturated rings. The first-order valence-electron chi connectivity index (χ1n) is 14.6. The number of fused-ring (bicyclic) bond motifs is 6. The zero-order chi connectivity index (χ0) is 29.0. The van der Waals surface area contributed by atoms with E-state index in [1.54, 1.807) is 0 Å². The van der Waals surface area contributed by atoms with Crippen LogP contribution in [0.4, 0.5) is 0 Å². The van der Waals surface area contributed by atoms with Gasteiger partial charge in [0.2, 0.25) is 5.95 Å². The van der Waals surface area contributed by atoms with Crippen LogP contribution in [-0.2, 0) is 0 Å². The van der Waals surface area contributed by atoms with Crippen LogP contribution in [0.1, 0.15) is 0 Å². The lowest BCUT2D eigenvalue weighted by atomic mass is 10.0. The van der Waals surface area contributed by atoms with Crippen molar-refractivity contribution in [1.29, 1.82) is 0 Å². The monoisotopic (exact) mass is 564 g/mol. The van der Waals surface area contributed by atoms with Crippen molar-refractivity contribution in [2.75, 3.05) is 0 Å². The average Bonchev–Trinajstić information content (AvgIpc) is 3.65. The largest absolute Gasteiger partial charge is 0.455 e. The molecular weight excluding hydrogens is 540 g/mol. The van der Waals surface area contributed by atoms with Gasteiger partial charge in [-0.15, -0.1) is 0 Å². The Balaban J connectivity index is 1.31. The van der Waals surface area contributed by atoms with E-state index < -0.39 is 0 Å². The fourth-order valence-corrected chi connectivity index (χ4v) is 6.22. The normalized spacial score (nSPS) is 11.6. The molecule has 5 heteroatoms. The van der Waals surface area contributed by atoms with E-state index in [0.29, 0.717) is 17.6 Å². The Morgan fingerprint density at radius 1 is 0.409 bits per heavy atom. The molecule has 0 radical (unpaired) electrons. The molecule has 0 aliphatic rings. The van der Waals surface area contributed by atoms with Gasteiger partial charge in [-0.1, -0.05) is 121 Å². The van der Waals surface area contributed by atoms with Gasteiger partial charge in [0.15, 0.2) is 11.6 Å². The standard InChI is InChI=1S/C39H24N4O/c1-2-11-25(12-3-1)26-21-23-27(24-22-26)37-40-38(32-17-10-16-31-30-15-6-9-20-35(30)44-36(31)32)42-39(41-37)43-33-18-7-4-13-28(33)29-14-5-8-19-34(29)43/h1-24H. The summed E-state index contributed by atoms with van der Waals surface area (Å²) in [6.07, 6.45) is 0. The summed E-state index contributed by atoms with van der Waals surface area (Å²) in [6.45, 7) is 0. The predicted octanol–water partition coefficient (Wildman–Crippen LogP) is 9.87. The van der Waals surface area contributed by atoms with Crippen LogP contribution < -0.4 is 0 Å². The van der Waals surface area contributed by atoms with Crippen molar-refractivity contribution >= 4 is 43.7 Å². The van der Waals surface area contributed by atoms with E-state index in [1.165, 1.54) is 0 Å². The van der Waals surface area contributed by atoms with Crippen LogP contribution in [0.25, 0.3) is 83.6 Å². The molecule has 5 nitrogen and oxygen atoms in total. The van der Waals surface area contributed by atoms with E-state index in [2.05, 4.69) is 114 Å². The zero-order valence-corrected chi connectivity index (χ0v) is 23.6. The van der Waals surface area contributed by atoms with Crippen molar-refractivity contribution in [3.8, 4) is 39.9 Å². The molecule has 6 aromatic carbocycles. The molecule has 44 heavy (non-hydrogen) atoms. The molecule has 0 unspecified atom stereocenters. The van der Waals surface area contributed by atoms with Crippen LogP contribution in [-0.4, -0.2) is 19.5 Å². The van der Waals surface area contributed by atoms with Crippen LogP contribution in [0.5, 0.6) is 0 Å². The van der Waals surface area contributed by atoms with E-state index in [9.17, 15) is 0 Å². The van der Waals surface area contributed by atoms with Gasteiger partial charge in [0.1, 0.15) is 11.2 Å². The number of nitrogens with zero attached hydrogens (tertiary/aromatic N) is 4. The molecule has 0 amide bonds. The number of hydrogen-bond donors (Lipinski definition) is 0. The molecule has 0 saturated heterocycles. The van der Waals surface area contributed by atoms with Crippen molar-refractivity contribution in [2.45, 2.75) is 0 Å². The van der Waals surface area contributed by atoms with Gasteiger partial charge in [0.05, 0.1) is 16.6 Å². The number of aromatic nitrogens is 4. The van der Waals surface area contributed by atoms with E-state index in [-0.39, 0.29) is 0 Å². The number of hydrogen-bond acceptors (Lipinski definition) is 4. The Bertz CT molecular complexity index is 2440. The first kappa shape index (κ1) is 24.5. The number of para-hydroxylation sites is 4. The van der Waals surface area contributed by atoms with Gasteiger partial charge in [-0.25, -0.2) is 4.98 Å². The summed E-state index contributed by atoms with van der Waals surface area (Å²) >= 11 is 0. The van der Waals surface area contributed by atoms with E-state index in [1.807, 2.05) is 36.4 Å². The molecule has 0 bridgehead atoms. The highest BCUT2D eigenvalue weighted by Crippen LogP contribution is 2.36. The Labute approximate surface area is 252 Å². The second-order valence-corrected chi connectivity index (χ2v) is 10.9. The second-order valence-electron chi connectivity index (χ2n) is 10.9. The Hall–Kier alpha value is -6.07. The molecule has 206 valence electrons. The summed E-state index contributed by atoms with van der Waals surface area (Å²) in [5, 5.41) is 4.40. The van der Waals surface area contributed by atoms with Crippen molar-refractivity contribution in [1.82, 2.24) is 19.5 Å². The molecule has 9 aromatic rings. The zero-order valence-electron chi connectivity index (χ0n) is 23.6. The van der Waals surface area contributed by atoms with Crippen molar-refractivity contribution in [2.24, 2.45) is 0 Å². The first-order chi connectivity index (χ1) is 21.8. The quantitative estimate of drug-likeness (QED) is 0.213. The highest BCUT2D eigenvalue weighted by molar-refractivity contribution is 6.10. The maximum Gasteiger partial charge on any atom is 0.238 e. The van der Waals surface area contributed by atoms with Crippen molar-refractivity contribution in [3.63, 3.8) is 0 Å². The fraction of sp³-hybridized carbons (Fsp3) is 0. The molecule has 0 aliphatic carbocycles. The molecule has 3 heterocycles. The SMILES string of the molecule is c1ccc(-c2ccc(-c3nc(-c4cccc5c4oc4ccccc45)nc(-n4c5ccccc5c5ccccc54)n3)cc2)cc1. The lowest BCUT2D eigenvalue weighted by molar-refractivity contribution is 0.669. The lowest BCUT2D eigenvalue weighted by Gasteiger charge is -2.11. The van der Waals surface area contributed by atoms with E-state index in [4.69, 9.17) is 19.4 Å². The molecule has 0 N–H and O–H groups in total. The van der Waals surface area contributed by atoms with Crippen LogP contribution in [0.2, 0.25) is 0 Å². The minimum Gasteiger partial charge on any atom is -0.455 e. The van der Waals surface area contributed by atoms with Gasteiger partial charge in [0, 0.05) is 27.1 Å². The third-order valence-corrected chi connectivity index (χ3v) is 8.30. The molecule has 9 rings (SSSR count). The maximum absolute atomic E-state index is 6.41. The maximum atomic E-state index is 6.41. The van der Waals surface area contributed by atoms with Crippen molar-refractivity contribution in [3.05, 3.63) is 146 Å². The van der Waals surface area contributed by atoms with Crippen LogP contribution in [0.15, 0.2) is 150 Å². The summed E-state index contributed by atoms with van der Waals surface area (Å²) < 4.78 is 8.55. The van der Waals surface area contributed by atoms with Crippen LogP contribution >= 0.6 is 0 Å². The predicted molar refractivity (Wildman–Crippen MR) is 178 cm³/mol. The molecule has 0 aliphatic heterocycles. The van der Waals surface area contributed by atoms with Gasteiger partial charge >= 0.3 is 0 Å². The average molecular weight is 565 g/mol. The van der Waals surface area contributed by atoms with Gasteiger partial charge in [-0.05, 0) is 35.4 Å². The third kappa shape index (κ3) is 3.83. The van der Waals surface area contributed by atoms with E-state index >= 15 is 0 Å². The minimum atomic E-state index is 0.558. The van der Waals surface area contributed by atoms with Gasteiger partial charge in [-0.3, -0.25) is 4.57 Å². The topological polar surface area (TPSA) is 56.7 Å². The molecule has 0 spiro atoms. The molecule has 0 saturated carbocycles. The lowest BCUT2D eigenvalue weighted by Crippen LogP contribution is -2.06. The van der Waals surface area contributed by atoms with Crippen molar-refractivity contribution < 1.29 is 4.42 Å². The van der Waals surface area contributed by atoms with E-state index in [0.717, 1.165) is 66.0 Å². The fourth-order valence-electron chi connectivity index (χ4n) is 6.22. The summed E-state index contributed by atoms with van der Waals surface area (Å²) in [6, 6.07) is 49.8. The van der Waals surface area contributed by atoms with Gasteiger partial charge in [0.25, 0.3) is 0 Å². The first-order valence-corrected chi connectivity index (χ1v) is 14.6. The molecular formula is C39H24N4O. The summed E-state index contributed by atoms with van der Waals surface area (Å²) in [4.78, 5) is 15.3. The number of furan rings is 1. The Morgan fingerprint density at radius 2 is 0.977 bits per heavy atom. The Morgan fingerprint density at radius 3 is 1.73 bits per heavy atom. The highest BCUT2D eigenvalue weighted by Gasteiger charge is 2.20. The van der Waals surface area contributed by atoms with Crippen LogP contribution in [0, 0.1) is 0 Å². The minimum absolute atomic E-state index is 0.558. The Kier molecular flexibility index (Phi) is 5.43. The van der Waals surface area contributed by atoms with Gasteiger partial charge < -0.3 is 4.42 Å². The molecule has 3 aromatic heterocycles.